The van der Waals surface area contributed by atoms with Crippen molar-refractivity contribution in [2.75, 3.05) is 19.3 Å². The summed E-state index contributed by atoms with van der Waals surface area (Å²) in [5.74, 6) is -0.269. The van der Waals surface area contributed by atoms with E-state index in [1.807, 2.05) is 0 Å². The number of piperidine rings is 1. The molecule has 1 aromatic rings. The number of likely N-dealkylation sites (tertiary alicyclic amines) is 1. The van der Waals surface area contributed by atoms with Crippen LogP contribution < -0.4 is 4.72 Å². The van der Waals surface area contributed by atoms with E-state index in [-0.39, 0.29) is 22.8 Å². The first kappa shape index (κ1) is 15.1. The van der Waals surface area contributed by atoms with Gasteiger partial charge in [-0.1, -0.05) is 11.6 Å². The summed E-state index contributed by atoms with van der Waals surface area (Å²) in [4.78, 5) is 13.8. The van der Waals surface area contributed by atoms with Crippen LogP contribution in [0.5, 0.6) is 0 Å². The van der Waals surface area contributed by atoms with E-state index in [0.717, 1.165) is 12.7 Å². The highest BCUT2D eigenvalue weighted by molar-refractivity contribution is 7.88. The Morgan fingerprint density at radius 3 is 2.80 bits per heavy atom. The lowest BCUT2D eigenvalue weighted by Gasteiger charge is -2.32. The fourth-order valence-corrected chi connectivity index (χ4v) is 3.05. The van der Waals surface area contributed by atoms with Crippen LogP contribution in [-0.2, 0) is 10.0 Å². The summed E-state index contributed by atoms with van der Waals surface area (Å²) in [5.41, 5.74) is 0.203. The smallest absolute Gasteiger partial charge is 0.274 e. The molecule has 9 heteroatoms. The van der Waals surface area contributed by atoms with Gasteiger partial charge in [0.05, 0.1) is 6.26 Å². The van der Waals surface area contributed by atoms with Crippen molar-refractivity contribution < 1.29 is 13.2 Å². The quantitative estimate of drug-likeness (QED) is 0.864. The summed E-state index contributed by atoms with van der Waals surface area (Å²) in [6, 6.07) is 2.74. The van der Waals surface area contributed by atoms with Gasteiger partial charge in [-0.15, -0.1) is 10.2 Å². The lowest BCUT2D eigenvalue weighted by atomic mass is 10.1. The molecule has 1 amide bonds. The van der Waals surface area contributed by atoms with Crippen LogP contribution in [0.3, 0.4) is 0 Å². The molecule has 1 unspecified atom stereocenters. The molecule has 0 spiro atoms. The van der Waals surface area contributed by atoms with E-state index in [1.54, 1.807) is 4.90 Å². The number of hydrogen-bond donors (Lipinski definition) is 1. The number of sulfonamides is 1. The molecule has 7 nitrogen and oxygen atoms in total. The van der Waals surface area contributed by atoms with Crippen molar-refractivity contribution in [3.05, 3.63) is 23.0 Å². The van der Waals surface area contributed by atoms with E-state index in [4.69, 9.17) is 11.6 Å². The number of aromatic nitrogens is 2. The first-order chi connectivity index (χ1) is 9.35. The van der Waals surface area contributed by atoms with Gasteiger partial charge in [0.2, 0.25) is 10.0 Å². The zero-order valence-corrected chi connectivity index (χ0v) is 12.5. The number of nitrogens with one attached hydrogen (secondary N) is 1. The molecule has 1 aliphatic heterocycles. The summed E-state index contributed by atoms with van der Waals surface area (Å²) in [7, 11) is -3.28. The van der Waals surface area contributed by atoms with Crippen molar-refractivity contribution in [3.63, 3.8) is 0 Å². The molecule has 1 aliphatic rings. The molecule has 1 N–H and O–H groups in total. The fourth-order valence-electron chi connectivity index (χ4n) is 2.15. The number of rotatable bonds is 3. The number of amides is 1. The minimum Gasteiger partial charge on any atom is -0.336 e. The lowest BCUT2D eigenvalue weighted by molar-refractivity contribution is 0.0696. The number of hydrogen-bond acceptors (Lipinski definition) is 5. The molecule has 0 bridgehead atoms. The Morgan fingerprint density at radius 1 is 1.45 bits per heavy atom. The number of carbonyl (C=O) groups excluding carboxylic acids is 1. The molecule has 2 heterocycles. The van der Waals surface area contributed by atoms with Crippen LogP contribution in [0.1, 0.15) is 23.3 Å². The Bertz CT molecular complexity index is 590. The van der Waals surface area contributed by atoms with Gasteiger partial charge in [-0.3, -0.25) is 4.79 Å². The van der Waals surface area contributed by atoms with Gasteiger partial charge in [0.1, 0.15) is 0 Å². The second kappa shape index (κ2) is 6.02. The third kappa shape index (κ3) is 4.12. The summed E-state index contributed by atoms with van der Waals surface area (Å²) >= 11 is 5.62. The molecule has 0 saturated carbocycles. The molecular formula is C11H15ClN4O3S. The van der Waals surface area contributed by atoms with Gasteiger partial charge >= 0.3 is 0 Å². The predicted molar refractivity (Wildman–Crippen MR) is 73.9 cm³/mol. The highest BCUT2D eigenvalue weighted by Crippen LogP contribution is 2.14. The maximum atomic E-state index is 12.2. The van der Waals surface area contributed by atoms with Gasteiger partial charge in [0.15, 0.2) is 10.8 Å². The standard InChI is InChI=1S/C11H15ClN4O3S/c1-20(18,19)15-8-3-2-6-16(7-8)11(17)9-4-5-10(12)14-13-9/h4-5,8,15H,2-3,6-7H2,1H3. The molecule has 1 atom stereocenters. The monoisotopic (exact) mass is 318 g/mol. The van der Waals surface area contributed by atoms with Crippen molar-refractivity contribution in [2.45, 2.75) is 18.9 Å². The maximum Gasteiger partial charge on any atom is 0.274 e. The zero-order valence-electron chi connectivity index (χ0n) is 10.9. The highest BCUT2D eigenvalue weighted by atomic mass is 35.5. The number of halogens is 1. The van der Waals surface area contributed by atoms with Crippen LogP contribution in [0.4, 0.5) is 0 Å². The van der Waals surface area contributed by atoms with Crippen LogP contribution in [0.25, 0.3) is 0 Å². The fraction of sp³-hybridized carbons (Fsp3) is 0.545. The van der Waals surface area contributed by atoms with Crippen molar-refractivity contribution in [1.82, 2.24) is 19.8 Å². The topological polar surface area (TPSA) is 92.3 Å². The second-order valence-corrected chi connectivity index (χ2v) is 6.89. The third-order valence-corrected chi connectivity index (χ3v) is 3.90. The van der Waals surface area contributed by atoms with Gasteiger partial charge in [0.25, 0.3) is 5.91 Å². The molecule has 1 aromatic heterocycles. The van der Waals surface area contributed by atoms with Gasteiger partial charge < -0.3 is 4.90 Å². The molecule has 1 saturated heterocycles. The Kier molecular flexibility index (Phi) is 4.56. The van der Waals surface area contributed by atoms with E-state index in [9.17, 15) is 13.2 Å². The summed E-state index contributed by atoms with van der Waals surface area (Å²) < 4.78 is 25.0. The van der Waals surface area contributed by atoms with Gasteiger partial charge in [-0.2, -0.15) is 0 Å². The van der Waals surface area contributed by atoms with Crippen molar-refractivity contribution in [1.29, 1.82) is 0 Å². The van der Waals surface area contributed by atoms with E-state index < -0.39 is 10.0 Å². The Balaban J connectivity index is 2.05. The first-order valence-electron chi connectivity index (χ1n) is 6.11. The second-order valence-electron chi connectivity index (χ2n) is 4.72. The predicted octanol–water partition coefficient (Wildman–Crippen LogP) is 0.284. The van der Waals surface area contributed by atoms with Crippen LogP contribution in [-0.4, -0.2) is 54.8 Å². The molecule has 1 fully saturated rings. The minimum absolute atomic E-state index is 0.203. The van der Waals surface area contributed by atoms with E-state index >= 15 is 0 Å². The summed E-state index contributed by atoms with van der Waals surface area (Å²) in [6.07, 6.45) is 2.56. The Labute approximate surface area is 122 Å². The number of nitrogens with zero attached hydrogens (tertiary/aromatic N) is 3. The van der Waals surface area contributed by atoms with Crippen LogP contribution in [0, 0.1) is 0 Å². The van der Waals surface area contributed by atoms with Crippen molar-refractivity contribution in [3.8, 4) is 0 Å². The van der Waals surface area contributed by atoms with Gasteiger partial charge in [0, 0.05) is 19.1 Å². The largest absolute Gasteiger partial charge is 0.336 e. The van der Waals surface area contributed by atoms with Crippen molar-refractivity contribution >= 4 is 27.5 Å². The van der Waals surface area contributed by atoms with Crippen LogP contribution in [0.15, 0.2) is 12.1 Å². The van der Waals surface area contributed by atoms with Crippen LogP contribution >= 0.6 is 11.6 Å². The van der Waals surface area contributed by atoms with Gasteiger partial charge in [-0.05, 0) is 25.0 Å². The molecule has 110 valence electrons. The Hall–Kier alpha value is -1.25. The molecule has 0 aromatic carbocycles. The normalized spacial score (nSPS) is 19.9. The lowest BCUT2D eigenvalue weighted by Crippen LogP contribution is -2.49. The SMILES string of the molecule is CS(=O)(=O)NC1CCCN(C(=O)c2ccc(Cl)nn2)C1. The molecule has 0 radical (unpaired) electrons. The van der Waals surface area contributed by atoms with Gasteiger partial charge in [-0.25, -0.2) is 13.1 Å². The van der Waals surface area contributed by atoms with Crippen LogP contribution in [0.2, 0.25) is 5.15 Å². The average molecular weight is 319 g/mol. The Morgan fingerprint density at radius 2 is 2.20 bits per heavy atom. The zero-order chi connectivity index (χ0) is 14.8. The average Bonchev–Trinajstić information content (AvgIpc) is 2.37. The molecule has 0 aliphatic carbocycles. The van der Waals surface area contributed by atoms with Crippen molar-refractivity contribution in [2.24, 2.45) is 0 Å². The summed E-state index contributed by atoms with van der Waals surface area (Å²) in [6.45, 7) is 0.904. The third-order valence-electron chi connectivity index (χ3n) is 2.94. The number of carbonyl (C=O) groups is 1. The molecule has 2 rings (SSSR count). The molecular weight excluding hydrogens is 304 g/mol. The minimum atomic E-state index is -3.28. The van der Waals surface area contributed by atoms with E-state index in [2.05, 4.69) is 14.9 Å². The highest BCUT2D eigenvalue weighted by Gasteiger charge is 2.26. The van der Waals surface area contributed by atoms with E-state index in [0.29, 0.717) is 19.5 Å². The maximum absolute atomic E-state index is 12.2. The molecule has 20 heavy (non-hydrogen) atoms. The van der Waals surface area contributed by atoms with E-state index in [1.165, 1.54) is 12.1 Å². The summed E-state index contributed by atoms with van der Waals surface area (Å²) in [5, 5.41) is 7.59. The first-order valence-corrected chi connectivity index (χ1v) is 8.38.